The van der Waals surface area contributed by atoms with Gasteiger partial charge in [-0.3, -0.25) is 0 Å². The van der Waals surface area contributed by atoms with Gasteiger partial charge in [0.15, 0.2) is 0 Å². The molecule has 0 aromatic heterocycles. The van der Waals surface area contributed by atoms with Gasteiger partial charge in [0.2, 0.25) is 16.1 Å². The standard InChI is InChI=1S/C28H16O8S3/c29-25-21-11-5-17(13-23(21)27(31)35-25)37-15-1-7-19(8-2-15)39(33,34)20-9-3-16(4-10-20)38-18-6-12-22-24(14-18)28(32)36-26(22)30/h1-14,25,29H. The molecule has 194 valence electrons. The third-order valence-corrected chi connectivity index (χ3v) is 9.87. The molecule has 0 bridgehead atoms. The number of carbonyl (C=O) groups excluding carboxylic acids is 3. The van der Waals surface area contributed by atoms with Gasteiger partial charge in [0.05, 0.1) is 26.5 Å². The zero-order valence-corrected chi connectivity index (χ0v) is 22.1. The Hall–Kier alpha value is -3.90. The number of ether oxygens (including phenoxy) is 2. The first kappa shape index (κ1) is 25.4. The van der Waals surface area contributed by atoms with Crippen molar-refractivity contribution in [3.05, 3.63) is 107 Å². The summed E-state index contributed by atoms with van der Waals surface area (Å²) in [4.78, 5) is 38.5. The van der Waals surface area contributed by atoms with E-state index in [1.54, 1.807) is 54.6 Å². The topological polar surface area (TPSA) is 124 Å². The number of hydrogen-bond acceptors (Lipinski definition) is 10. The van der Waals surface area contributed by atoms with Gasteiger partial charge in [0.1, 0.15) is 0 Å². The van der Waals surface area contributed by atoms with E-state index in [0.717, 1.165) is 14.7 Å². The van der Waals surface area contributed by atoms with Crippen LogP contribution in [0.25, 0.3) is 0 Å². The molecule has 1 N–H and O–H groups in total. The Morgan fingerprint density at radius 2 is 1.08 bits per heavy atom. The molecule has 0 fully saturated rings. The molecule has 1 unspecified atom stereocenters. The Morgan fingerprint density at radius 1 is 0.590 bits per heavy atom. The van der Waals surface area contributed by atoms with E-state index >= 15 is 0 Å². The number of carbonyl (C=O) groups is 3. The molecular formula is C28H16O8S3. The molecule has 2 heterocycles. The van der Waals surface area contributed by atoms with Crippen LogP contribution in [0.1, 0.15) is 42.9 Å². The number of aliphatic hydroxyl groups is 1. The lowest BCUT2D eigenvalue weighted by Crippen LogP contribution is -2.01. The molecule has 0 saturated carbocycles. The lowest BCUT2D eigenvalue weighted by Gasteiger charge is -2.08. The van der Waals surface area contributed by atoms with Crippen molar-refractivity contribution in [2.45, 2.75) is 35.7 Å². The maximum atomic E-state index is 13.2. The Kier molecular flexibility index (Phi) is 6.31. The highest BCUT2D eigenvalue weighted by atomic mass is 32.2. The molecule has 0 saturated heterocycles. The van der Waals surface area contributed by atoms with Gasteiger partial charge in [0, 0.05) is 25.1 Å². The fourth-order valence-electron chi connectivity index (χ4n) is 4.13. The molecule has 0 amide bonds. The van der Waals surface area contributed by atoms with Crippen LogP contribution in [0.4, 0.5) is 0 Å². The molecule has 6 rings (SSSR count). The Morgan fingerprint density at radius 3 is 1.67 bits per heavy atom. The zero-order valence-electron chi connectivity index (χ0n) is 19.7. The highest BCUT2D eigenvalue weighted by molar-refractivity contribution is 7.99. The van der Waals surface area contributed by atoms with Gasteiger partial charge in [-0.2, -0.15) is 0 Å². The minimum Gasteiger partial charge on any atom is -0.428 e. The fraction of sp³-hybridized carbons (Fsp3) is 0.0357. The summed E-state index contributed by atoms with van der Waals surface area (Å²) in [5.41, 5.74) is 1.17. The van der Waals surface area contributed by atoms with Gasteiger partial charge in [0.25, 0.3) is 0 Å². The minimum atomic E-state index is -3.77. The zero-order chi connectivity index (χ0) is 27.3. The summed E-state index contributed by atoms with van der Waals surface area (Å²) in [6.45, 7) is 0. The van der Waals surface area contributed by atoms with E-state index in [1.807, 2.05) is 0 Å². The molecular weight excluding hydrogens is 561 g/mol. The van der Waals surface area contributed by atoms with Crippen molar-refractivity contribution in [1.29, 1.82) is 0 Å². The van der Waals surface area contributed by atoms with Crippen LogP contribution in [0.15, 0.2) is 114 Å². The van der Waals surface area contributed by atoms with Gasteiger partial charge in [-0.25, -0.2) is 22.8 Å². The first-order valence-corrected chi connectivity index (χ1v) is 14.6. The summed E-state index contributed by atoms with van der Waals surface area (Å²) in [5.74, 6) is -1.93. The van der Waals surface area contributed by atoms with Crippen molar-refractivity contribution in [1.82, 2.24) is 0 Å². The highest BCUT2D eigenvalue weighted by Crippen LogP contribution is 2.36. The van der Waals surface area contributed by atoms with E-state index in [4.69, 9.17) is 4.74 Å². The van der Waals surface area contributed by atoms with Gasteiger partial charge >= 0.3 is 17.9 Å². The number of esters is 3. The normalized spacial score (nSPS) is 16.0. The maximum Gasteiger partial charge on any atom is 0.346 e. The summed E-state index contributed by atoms with van der Waals surface area (Å²) in [6, 6.07) is 22.6. The molecule has 4 aromatic rings. The van der Waals surface area contributed by atoms with E-state index in [0.29, 0.717) is 16.0 Å². The molecule has 2 aliphatic rings. The Labute approximate surface area is 230 Å². The average molecular weight is 577 g/mol. The number of sulfone groups is 1. The van der Waals surface area contributed by atoms with E-state index in [9.17, 15) is 27.9 Å². The smallest absolute Gasteiger partial charge is 0.346 e. The van der Waals surface area contributed by atoms with Crippen LogP contribution in [0.5, 0.6) is 0 Å². The maximum absolute atomic E-state index is 13.2. The Balaban J connectivity index is 1.16. The summed E-state index contributed by atoms with van der Waals surface area (Å²) in [6.07, 6.45) is -1.25. The van der Waals surface area contributed by atoms with Crippen molar-refractivity contribution in [3.63, 3.8) is 0 Å². The summed E-state index contributed by atoms with van der Waals surface area (Å²) < 4.78 is 35.8. The largest absolute Gasteiger partial charge is 0.428 e. The molecule has 39 heavy (non-hydrogen) atoms. The summed E-state index contributed by atoms with van der Waals surface area (Å²) >= 11 is 2.67. The molecule has 0 radical (unpaired) electrons. The van der Waals surface area contributed by atoms with Gasteiger partial charge in [-0.05, 0) is 78.9 Å². The highest BCUT2D eigenvalue weighted by Gasteiger charge is 2.30. The second-order valence-electron chi connectivity index (χ2n) is 8.54. The quantitative estimate of drug-likeness (QED) is 0.239. The molecule has 1 atom stereocenters. The molecule has 0 spiro atoms. The molecule has 8 nitrogen and oxygen atoms in total. The molecule has 2 aliphatic heterocycles. The van der Waals surface area contributed by atoms with Crippen LogP contribution in [0, 0.1) is 0 Å². The lowest BCUT2D eigenvalue weighted by molar-refractivity contribution is -0.0548. The van der Waals surface area contributed by atoms with Crippen molar-refractivity contribution in [3.8, 4) is 0 Å². The van der Waals surface area contributed by atoms with E-state index in [2.05, 4.69) is 4.74 Å². The van der Waals surface area contributed by atoms with E-state index < -0.39 is 34.0 Å². The summed E-state index contributed by atoms with van der Waals surface area (Å²) in [7, 11) is -3.77. The molecule has 11 heteroatoms. The van der Waals surface area contributed by atoms with Crippen LogP contribution in [-0.4, -0.2) is 31.4 Å². The molecule has 4 aromatic carbocycles. The van der Waals surface area contributed by atoms with Crippen molar-refractivity contribution in [2.75, 3.05) is 0 Å². The Bertz CT molecular complexity index is 1780. The lowest BCUT2D eigenvalue weighted by atomic mass is 10.1. The molecule has 0 aliphatic carbocycles. The number of hydrogen-bond donors (Lipinski definition) is 1. The SMILES string of the molecule is O=C1OC(=O)c2cc(Sc3ccc(S(=O)(=O)c4ccc(Sc5ccc6c(c5)C(=O)OC6O)cc4)cc3)ccc21. The fourth-order valence-corrected chi connectivity index (χ4v) is 7.10. The van der Waals surface area contributed by atoms with Crippen LogP contribution < -0.4 is 0 Å². The predicted molar refractivity (Wildman–Crippen MR) is 140 cm³/mol. The van der Waals surface area contributed by atoms with Crippen LogP contribution >= 0.6 is 23.5 Å². The number of aliphatic hydroxyl groups excluding tert-OH is 1. The monoisotopic (exact) mass is 576 g/mol. The van der Waals surface area contributed by atoms with Crippen LogP contribution in [-0.2, 0) is 19.3 Å². The van der Waals surface area contributed by atoms with E-state index in [-0.39, 0.29) is 20.9 Å². The van der Waals surface area contributed by atoms with Gasteiger partial charge in [-0.15, -0.1) is 0 Å². The number of cyclic esters (lactones) is 3. The van der Waals surface area contributed by atoms with Gasteiger partial charge in [-0.1, -0.05) is 29.6 Å². The van der Waals surface area contributed by atoms with Crippen molar-refractivity contribution in [2.24, 2.45) is 0 Å². The van der Waals surface area contributed by atoms with E-state index in [1.165, 1.54) is 53.9 Å². The first-order chi connectivity index (χ1) is 18.7. The second-order valence-corrected chi connectivity index (χ2v) is 12.8. The predicted octanol–water partition coefficient (Wildman–Crippen LogP) is 5.29. The number of benzene rings is 4. The van der Waals surface area contributed by atoms with Crippen molar-refractivity contribution < 1.29 is 37.4 Å². The third-order valence-electron chi connectivity index (χ3n) is 6.09. The van der Waals surface area contributed by atoms with Gasteiger partial charge < -0.3 is 14.6 Å². The number of rotatable bonds is 6. The third kappa shape index (κ3) is 4.74. The second kappa shape index (κ2) is 9.69. The van der Waals surface area contributed by atoms with Crippen molar-refractivity contribution >= 4 is 51.3 Å². The van der Waals surface area contributed by atoms with Crippen LogP contribution in [0.2, 0.25) is 0 Å². The number of fused-ring (bicyclic) bond motifs is 2. The minimum absolute atomic E-state index is 0.131. The van der Waals surface area contributed by atoms with Crippen LogP contribution in [0.3, 0.4) is 0 Å². The average Bonchev–Trinajstić information content (AvgIpc) is 3.37. The first-order valence-electron chi connectivity index (χ1n) is 11.4. The summed E-state index contributed by atoms with van der Waals surface area (Å²) in [5, 5.41) is 9.73.